The van der Waals surface area contributed by atoms with Crippen LogP contribution in [0.1, 0.15) is 30.4 Å². The fourth-order valence-corrected chi connectivity index (χ4v) is 13.8. The van der Waals surface area contributed by atoms with Gasteiger partial charge in [-0.05, 0) is 190 Å². The number of fused-ring (bicyclic) bond motifs is 3. The van der Waals surface area contributed by atoms with Crippen molar-refractivity contribution in [3.8, 4) is 78.3 Å². The first-order valence-electron chi connectivity index (χ1n) is 35.4. The van der Waals surface area contributed by atoms with Crippen molar-refractivity contribution in [2.24, 2.45) is 20.0 Å². The Labute approximate surface area is 636 Å². The molecule has 2 fully saturated rings. The number of hydrogen-bond acceptors (Lipinski definition) is 19. The molecular weight excluding hydrogens is 1430 g/mol. The zero-order chi connectivity index (χ0) is 74.0. The van der Waals surface area contributed by atoms with Crippen LogP contribution in [-0.4, -0.2) is 175 Å². The number of halogens is 6. The minimum absolute atomic E-state index is 0.0584. The van der Waals surface area contributed by atoms with Gasteiger partial charge in [-0.3, -0.25) is 39.8 Å². The van der Waals surface area contributed by atoms with Gasteiger partial charge in [-0.1, -0.05) is 34.8 Å². The van der Waals surface area contributed by atoms with E-state index in [1.807, 2.05) is 91.6 Å². The Balaban J connectivity index is 0.000000129. The highest BCUT2D eigenvalue weighted by atomic mass is 35.5. The molecule has 2 atom stereocenters. The van der Waals surface area contributed by atoms with E-state index in [-0.39, 0.29) is 12.3 Å². The van der Waals surface area contributed by atoms with Crippen molar-refractivity contribution in [3.63, 3.8) is 0 Å². The van der Waals surface area contributed by atoms with Gasteiger partial charge in [0.2, 0.25) is 0 Å². The lowest BCUT2D eigenvalue weighted by Gasteiger charge is -2.28. The summed E-state index contributed by atoms with van der Waals surface area (Å²) in [5.41, 5.74) is 14.3. The molecule has 25 heteroatoms. The van der Waals surface area contributed by atoms with Crippen LogP contribution < -0.4 is 10.2 Å². The van der Waals surface area contributed by atoms with E-state index in [2.05, 4.69) is 107 Å². The second kappa shape index (κ2) is 33.4. The third-order valence-electron chi connectivity index (χ3n) is 18.8. The van der Waals surface area contributed by atoms with E-state index in [0.29, 0.717) is 65.8 Å². The molecule has 3 aromatic carbocycles. The maximum absolute atomic E-state index is 14.7. The minimum Gasteiger partial charge on any atom is -0.379 e. The number of pyridine rings is 10. The predicted molar refractivity (Wildman–Crippen MR) is 425 cm³/mol. The molecule has 0 radical (unpaired) electrons. The van der Waals surface area contributed by atoms with Crippen LogP contribution in [0, 0.1) is 17.5 Å². The summed E-state index contributed by atoms with van der Waals surface area (Å²) in [4.78, 5) is 70.9. The highest BCUT2D eigenvalue weighted by Crippen LogP contribution is 2.38. The number of benzene rings is 3. The quantitative estimate of drug-likeness (QED) is 0.0899. The molecule has 540 valence electrons. The lowest BCUT2D eigenvalue weighted by atomic mass is 9.98. The summed E-state index contributed by atoms with van der Waals surface area (Å²) < 4.78 is 49.5. The van der Waals surface area contributed by atoms with E-state index < -0.39 is 17.5 Å². The lowest BCUT2D eigenvalue weighted by molar-refractivity contribution is 0.0368. The number of morpholine rings is 1. The molecule has 0 saturated carbocycles. The molecule has 0 amide bonds. The third kappa shape index (κ3) is 17.0. The van der Waals surface area contributed by atoms with Gasteiger partial charge in [-0.15, -0.1) is 0 Å². The molecule has 17 rings (SSSR count). The van der Waals surface area contributed by atoms with Crippen molar-refractivity contribution >= 4 is 97.6 Å². The first-order chi connectivity index (χ1) is 52.8. The minimum atomic E-state index is -0.398. The molecule has 10 aromatic heterocycles. The summed E-state index contributed by atoms with van der Waals surface area (Å²) in [5, 5.41) is 7.23. The zero-order valence-corrected chi connectivity index (χ0v) is 61.1. The number of hydrogen-bond donors (Lipinski definition) is 1. The van der Waals surface area contributed by atoms with Crippen molar-refractivity contribution in [1.29, 1.82) is 0 Å². The molecule has 19 nitrogen and oxygen atoms in total. The topological polar surface area (TPSA) is 209 Å². The molecule has 13 aromatic rings. The van der Waals surface area contributed by atoms with Crippen LogP contribution in [0.25, 0.3) is 111 Å². The van der Waals surface area contributed by atoms with Crippen LogP contribution in [0.2, 0.25) is 15.1 Å². The number of rotatable bonds is 17. The van der Waals surface area contributed by atoms with Crippen molar-refractivity contribution in [3.05, 3.63) is 245 Å². The Bertz CT molecular complexity index is 5600. The maximum atomic E-state index is 14.7. The van der Waals surface area contributed by atoms with E-state index in [0.717, 1.165) is 174 Å². The van der Waals surface area contributed by atoms with Gasteiger partial charge in [-0.2, -0.15) is 0 Å². The maximum Gasteiger partial charge on any atom is 0.160 e. The molecule has 1 N–H and O–H groups in total. The highest BCUT2D eigenvalue weighted by Gasteiger charge is 2.23. The summed E-state index contributed by atoms with van der Waals surface area (Å²) in [5.74, 6) is -0.212. The summed E-state index contributed by atoms with van der Waals surface area (Å²) >= 11 is 18.5. The molecule has 108 heavy (non-hydrogen) atoms. The first kappa shape index (κ1) is 72.5. The fourth-order valence-electron chi connectivity index (χ4n) is 13.3. The van der Waals surface area contributed by atoms with E-state index in [9.17, 15) is 13.2 Å². The van der Waals surface area contributed by atoms with Crippen LogP contribution in [0.3, 0.4) is 0 Å². The largest absolute Gasteiger partial charge is 0.379 e. The van der Waals surface area contributed by atoms with Gasteiger partial charge in [0.15, 0.2) is 16.9 Å². The number of piperazine rings is 1. The first-order valence-corrected chi connectivity index (χ1v) is 36.5. The summed E-state index contributed by atoms with van der Waals surface area (Å²) in [6.45, 7) is 9.24. The normalized spacial score (nSPS) is 15.7. The standard InChI is InChI=1S/C28H24ClFN6O.C28H22ClFN6.C27H24ClFN6/c29-20-3-4-24(30)23(13-20)25-14-22(21-2-1-6-32-28(21)35-25)18-12-19(16-31-15-18)26-17-33-27(34-26)5-7-36-8-10-37-11-9-36;29-21-4-5-25(30)24(13-21)26-14-23(22-2-1-7-33-28(22)35-26)20-12-19(15-32-16-20)18-3-6-27(34-17-18)36-10-8-31-9-11-36;1-35(2)10-4-6-26-32-16-25(33-26)18-11-17(14-30-15-18)21-13-24(22-12-19(28)7-8-23(22)29)34-27-20(21)5-3-9-31-27/h1-4,6,12-17,27H,5,7-11H2;1-7,12-17,31H,8-11H2;3,5,7-9,11-16,26H,4,6,10H2,1-2H3. The van der Waals surface area contributed by atoms with Crippen molar-refractivity contribution in [2.45, 2.75) is 31.6 Å². The number of nitrogens with zero attached hydrogens (tertiary/aromatic N) is 17. The molecule has 4 aliphatic heterocycles. The number of ether oxygens (including phenoxy) is 1. The molecule has 14 heterocycles. The highest BCUT2D eigenvalue weighted by molar-refractivity contribution is 6.40. The second-order valence-corrected chi connectivity index (χ2v) is 27.7. The van der Waals surface area contributed by atoms with Crippen LogP contribution in [0.4, 0.5) is 19.0 Å². The average Bonchev–Trinajstić information content (AvgIpc) is 1.40. The Hall–Kier alpha value is -11.1. The van der Waals surface area contributed by atoms with Gasteiger partial charge >= 0.3 is 0 Å². The van der Waals surface area contributed by atoms with E-state index in [4.69, 9.17) is 54.5 Å². The molecule has 0 spiro atoms. The summed E-state index contributed by atoms with van der Waals surface area (Å²) in [7, 11) is 4.13. The van der Waals surface area contributed by atoms with Gasteiger partial charge in [0.25, 0.3) is 0 Å². The van der Waals surface area contributed by atoms with Gasteiger partial charge in [0, 0.05) is 213 Å². The SMILES string of the molecule is CN(C)CCCC1N=CC(c2cncc(-c3cc(-c4cc(Cl)ccc4F)nc4ncccc34)c2)=N1.Fc1ccc(Cl)cc1-c1cc(-c2cncc(-c3ccc(N4CCNCC4)nc3)c2)c2cccnc2n1.Fc1ccc(Cl)cc1-c1cc(-c2cncc(C3=NC(CCN4CCOCC4)N=C3)c2)c2cccnc2n1. The monoisotopic (exact) mass is 1500 g/mol. The van der Waals surface area contributed by atoms with Gasteiger partial charge in [-0.25, -0.2) is 48.1 Å². The number of anilines is 1. The number of aromatic nitrogens is 10. The second-order valence-electron chi connectivity index (χ2n) is 26.4. The summed E-state index contributed by atoms with van der Waals surface area (Å²) in [6, 6.07) is 40.6. The van der Waals surface area contributed by atoms with Gasteiger partial charge < -0.3 is 19.9 Å². The van der Waals surface area contributed by atoms with Gasteiger partial charge in [0.1, 0.15) is 35.6 Å². The predicted octanol–water partition coefficient (Wildman–Crippen LogP) is 16.4. The van der Waals surface area contributed by atoms with Crippen molar-refractivity contribution in [1.82, 2.24) is 65.0 Å². The zero-order valence-electron chi connectivity index (χ0n) is 58.8. The smallest absolute Gasteiger partial charge is 0.160 e. The van der Waals surface area contributed by atoms with E-state index >= 15 is 0 Å². The van der Waals surface area contributed by atoms with Gasteiger partial charge in [0.05, 0.1) is 41.7 Å². The molecule has 2 unspecified atom stereocenters. The van der Waals surface area contributed by atoms with Crippen LogP contribution >= 0.6 is 34.8 Å². The number of aliphatic imine (C=N–C) groups is 4. The third-order valence-corrected chi connectivity index (χ3v) is 19.5. The van der Waals surface area contributed by atoms with Crippen molar-refractivity contribution < 1.29 is 17.9 Å². The van der Waals surface area contributed by atoms with E-state index in [1.54, 1.807) is 67.8 Å². The van der Waals surface area contributed by atoms with Crippen LogP contribution in [-0.2, 0) is 4.74 Å². The fraction of sp³-hybridized carbons (Fsp3) is 0.205. The molecule has 0 bridgehead atoms. The lowest BCUT2D eigenvalue weighted by Crippen LogP contribution is -2.43. The van der Waals surface area contributed by atoms with E-state index in [1.165, 1.54) is 36.4 Å². The Morgan fingerprint density at radius 1 is 0.454 bits per heavy atom. The molecule has 0 aliphatic carbocycles. The van der Waals surface area contributed by atoms with Crippen LogP contribution in [0.15, 0.2) is 221 Å². The Morgan fingerprint density at radius 3 is 1.33 bits per heavy atom. The summed E-state index contributed by atoms with van der Waals surface area (Å²) in [6.07, 6.45) is 24.0. The molecule has 4 aliphatic rings. The molecule has 2 saturated heterocycles. The Kier molecular flexibility index (Phi) is 22.4. The average molecular weight is 1500 g/mol. The molecular formula is C83H70Cl3F3N18O. The van der Waals surface area contributed by atoms with Crippen LogP contribution in [0.5, 0.6) is 0 Å². The number of nitrogens with one attached hydrogen (secondary N) is 1. The Morgan fingerprint density at radius 2 is 0.889 bits per heavy atom. The van der Waals surface area contributed by atoms with Crippen molar-refractivity contribution in [2.75, 3.05) is 84.6 Å².